The minimum absolute atomic E-state index is 0.305. The highest BCUT2D eigenvalue weighted by molar-refractivity contribution is 5.86. The Kier molecular flexibility index (Phi) is 3.85. The van der Waals surface area contributed by atoms with Crippen molar-refractivity contribution in [3.05, 3.63) is 36.2 Å². The Bertz CT molecular complexity index is 600. The van der Waals surface area contributed by atoms with Gasteiger partial charge in [0.15, 0.2) is 0 Å². The molecule has 1 aliphatic heterocycles. The number of morpholine rings is 1. The van der Waals surface area contributed by atoms with Gasteiger partial charge in [0.25, 0.3) is 0 Å². The molecule has 1 atom stereocenters. The van der Waals surface area contributed by atoms with Gasteiger partial charge in [-0.1, -0.05) is 13.0 Å². The average molecular weight is 272 g/mol. The van der Waals surface area contributed by atoms with Gasteiger partial charge in [0.1, 0.15) is 5.75 Å². The van der Waals surface area contributed by atoms with Gasteiger partial charge < -0.3 is 9.84 Å². The van der Waals surface area contributed by atoms with Crippen LogP contribution in [0.2, 0.25) is 0 Å². The van der Waals surface area contributed by atoms with Crippen molar-refractivity contribution < 1.29 is 9.84 Å². The lowest BCUT2D eigenvalue weighted by atomic mass is 10.0. The molecule has 1 N–H and O–H groups in total. The third kappa shape index (κ3) is 2.62. The van der Waals surface area contributed by atoms with E-state index >= 15 is 0 Å². The maximum absolute atomic E-state index is 10.2. The van der Waals surface area contributed by atoms with Crippen LogP contribution in [0.4, 0.5) is 0 Å². The maximum atomic E-state index is 10.2. The van der Waals surface area contributed by atoms with Crippen molar-refractivity contribution >= 4 is 10.8 Å². The van der Waals surface area contributed by atoms with E-state index in [1.807, 2.05) is 18.3 Å². The first kappa shape index (κ1) is 13.3. The van der Waals surface area contributed by atoms with Crippen LogP contribution in [0.3, 0.4) is 0 Å². The van der Waals surface area contributed by atoms with Gasteiger partial charge in [-0.3, -0.25) is 9.88 Å². The van der Waals surface area contributed by atoms with Gasteiger partial charge >= 0.3 is 0 Å². The number of pyridine rings is 1. The second kappa shape index (κ2) is 5.77. The minimum Gasteiger partial charge on any atom is -0.508 e. The molecular weight excluding hydrogens is 252 g/mol. The van der Waals surface area contributed by atoms with Gasteiger partial charge in [-0.15, -0.1) is 0 Å². The molecule has 2 heterocycles. The molecule has 1 aromatic heterocycles. The summed E-state index contributed by atoms with van der Waals surface area (Å²) < 4.78 is 5.70. The molecule has 20 heavy (non-hydrogen) atoms. The summed E-state index contributed by atoms with van der Waals surface area (Å²) in [5.74, 6) is 0.352. The van der Waals surface area contributed by atoms with Crippen molar-refractivity contribution in [3.8, 4) is 5.75 Å². The van der Waals surface area contributed by atoms with Crippen LogP contribution in [0.1, 0.15) is 18.9 Å². The molecule has 4 nitrogen and oxygen atoms in total. The van der Waals surface area contributed by atoms with Crippen molar-refractivity contribution in [2.24, 2.45) is 0 Å². The molecule has 4 heteroatoms. The number of hydrogen-bond acceptors (Lipinski definition) is 4. The van der Waals surface area contributed by atoms with E-state index in [0.29, 0.717) is 11.9 Å². The number of ether oxygens (including phenoxy) is 1. The van der Waals surface area contributed by atoms with Crippen LogP contribution in [-0.2, 0) is 11.3 Å². The van der Waals surface area contributed by atoms with Crippen molar-refractivity contribution in [3.63, 3.8) is 0 Å². The highest BCUT2D eigenvalue weighted by atomic mass is 16.5. The highest BCUT2D eigenvalue weighted by Gasteiger charge is 2.20. The van der Waals surface area contributed by atoms with Gasteiger partial charge in [0, 0.05) is 43.0 Å². The van der Waals surface area contributed by atoms with Gasteiger partial charge in [0.2, 0.25) is 0 Å². The van der Waals surface area contributed by atoms with E-state index in [1.165, 1.54) is 0 Å². The fourth-order valence-corrected chi connectivity index (χ4v) is 2.77. The standard InChI is InChI=1S/C16H20N2O2/c1-2-13-10-18(7-8-20-13)11-15-14-9-17-6-5-12(14)3-4-16(15)19/h3-6,9,13,19H,2,7-8,10-11H2,1H3. The fraction of sp³-hybridized carbons (Fsp3) is 0.438. The van der Waals surface area contributed by atoms with Gasteiger partial charge in [0.05, 0.1) is 12.7 Å². The summed E-state index contributed by atoms with van der Waals surface area (Å²) in [5.41, 5.74) is 0.965. The van der Waals surface area contributed by atoms with E-state index in [2.05, 4.69) is 16.8 Å². The van der Waals surface area contributed by atoms with Crippen LogP contribution in [0, 0.1) is 0 Å². The lowest BCUT2D eigenvalue weighted by Gasteiger charge is -2.32. The Hall–Kier alpha value is -1.65. The van der Waals surface area contributed by atoms with Crippen LogP contribution < -0.4 is 0 Å². The lowest BCUT2D eigenvalue weighted by Crippen LogP contribution is -2.41. The molecule has 1 saturated heterocycles. The van der Waals surface area contributed by atoms with Crippen LogP contribution >= 0.6 is 0 Å². The second-order valence-corrected chi connectivity index (χ2v) is 5.30. The highest BCUT2D eigenvalue weighted by Crippen LogP contribution is 2.28. The number of benzene rings is 1. The van der Waals surface area contributed by atoms with E-state index in [-0.39, 0.29) is 0 Å². The van der Waals surface area contributed by atoms with Crippen molar-refractivity contribution in [2.45, 2.75) is 26.0 Å². The van der Waals surface area contributed by atoms with Crippen LogP contribution in [0.5, 0.6) is 5.75 Å². The zero-order chi connectivity index (χ0) is 13.9. The van der Waals surface area contributed by atoms with E-state index in [1.54, 1.807) is 12.3 Å². The fourth-order valence-electron chi connectivity index (χ4n) is 2.77. The van der Waals surface area contributed by atoms with Crippen molar-refractivity contribution in [1.82, 2.24) is 9.88 Å². The molecule has 1 fully saturated rings. The topological polar surface area (TPSA) is 45.6 Å². The van der Waals surface area contributed by atoms with Crippen molar-refractivity contribution in [2.75, 3.05) is 19.7 Å². The molecule has 1 aliphatic rings. The molecule has 0 spiro atoms. The van der Waals surface area contributed by atoms with Gasteiger partial charge in [-0.2, -0.15) is 0 Å². The average Bonchev–Trinajstić information content (AvgIpc) is 2.50. The first-order valence-electron chi connectivity index (χ1n) is 7.16. The van der Waals surface area contributed by atoms with E-state index in [4.69, 9.17) is 4.74 Å². The number of phenolic OH excluding ortho intramolecular Hbond substituents is 1. The Morgan fingerprint density at radius 2 is 2.30 bits per heavy atom. The molecule has 0 saturated carbocycles. The molecule has 0 bridgehead atoms. The second-order valence-electron chi connectivity index (χ2n) is 5.30. The SMILES string of the molecule is CCC1CN(Cc2c(O)ccc3ccncc23)CCO1. The number of nitrogens with zero attached hydrogens (tertiary/aromatic N) is 2. The third-order valence-electron chi connectivity index (χ3n) is 3.97. The number of aromatic hydroxyl groups is 1. The summed E-state index contributed by atoms with van der Waals surface area (Å²) in [4.78, 5) is 6.53. The predicted octanol–water partition coefficient (Wildman–Crippen LogP) is 2.55. The molecule has 1 unspecified atom stereocenters. The number of rotatable bonds is 3. The van der Waals surface area contributed by atoms with Gasteiger partial charge in [-0.05, 0) is 23.9 Å². The van der Waals surface area contributed by atoms with E-state index in [0.717, 1.165) is 49.0 Å². The Morgan fingerprint density at radius 1 is 1.40 bits per heavy atom. The Morgan fingerprint density at radius 3 is 3.15 bits per heavy atom. The molecule has 0 aliphatic carbocycles. The largest absolute Gasteiger partial charge is 0.508 e. The van der Waals surface area contributed by atoms with Crippen LogP contribution in [-0.4, -0.2) is 40.8 Å². The van der Waals surface area contributed by atoms with Gasteiger partial charge in [-0.25, -0.2) is 0 Å². The number of fused-ring (bicyclic) bond motifs is 1. The first-order valence-corrected chi connectivity index (χ1v) is 7.16. The minimum atomic E-state index is 0.305. The maximum Gasteiger partial charge on any atom is 0.120 e. The molecular formula is C16H20N2O2. The number of aromatic nitrogens is 1. The molecule has 106 valence electrons. The lowest BCUT2D eigenvalue weighted by molar-refractivity contribution is -0.0325. The number of phenols is 1. The van der Waals surface area contributed by atoms with Crippen LogP contribution in [0.15, 0.2) is 30.6 Å². The summed E-state index contributed by atoms with van der Waals surface area (Å²) in [5, 5.41) is 12.3. The molecule has 3 rings (SSSR count). The quantitative estimate of drug-likeness (QED) is 0.932. The summed E-state index contributed by atoms with van der Waals surface area (Å²) in [6.45, 7) is 5.49. The zero-order valence-electron chi connectivity index (χ0n) is 11.7. The zero-order valence-corrected chi connectivity index (χ0v) is 11.7. The summed E-state index contributed by atoms with van der Waals surface area (Å²) in [6.07, 6.45) is 4.95. The molecule has 0 amide bonds. The predicted molar refractivity (Wildman–Crippen MR) is 78.7 cm³/mol. The number of hydrogen-bond donors (Lipinski definition) is 1. The smallest absolute Gasteiger partial charge is 0.120 e. The van der Waals surface area contributed by atoms with Crippen molar-refractivity contribution in [1.29, 1.82) is 0 Å². The Balaban J connectivity index is 1.88. The Labute approximate surface area is 119 Å². The third-order valence-corrected chi connectivity index (χ3v) is 3.97. The summed E-state index contributed by atoms with van der Waals surface area (Å²) in [7, 11) is 0. The van der Waals surface area contributed by atoms with Crippen LogP contribution in [0.25, 0.3) is 10.8 Å². The normalized spacial score (nSPS) is 20.4. The van der Waals surface area contributed by atoms with E-state index < -0.39 is 0 Å². The monoisotopic (exact) mass is 272 g/mol. The molecule has 1 aromatic carbocycles. The first-order chi connectivity index (χ1) is 9.78. The molecule has 0 radical (unpaired) electrons. The summed E-state index contributed by atoms with van der Waals surface area (Å²) in [6, 6.07) is 5.69. The van der Waals surface area contributed by atoms with E-state index in [9.17, 15) is 5.11 Å². The summed E-state index contributed by atoms with van der Waals surface area (Å²) >= 11 is 0. The molecule has 2 aromatic rings.